The van der Waals surface area contributed by atoms with Crippen molar-refractivity contribution in [2.45, 2.75) is 25.4 Å². The first-order chi connectivity index (χ1) is 11.2. The van der Waals surface area contributed by atoms with Crippen LogP contribution in [0.4, 0.5) is 5.95 Å². The Hall–Kier alpha value is -2.40. The van der Waals surface area contributed by atoms with Crippen molar-refractivity contribution in [3.8, 4) is 0 Å². The fraction of sp³-hybridized carbons (Fsp3) is 0.235. The van der Waals surface area contributed by atoms with Gasteiger partial charge in [0.05, 0.1) is 12.1 Å². The molecular formula is C17H16ClN5. The van der Waals surface area contributed by atoms with Gasteiger partial charge in [-0.15, -0.1) is 0 Å². The van der Waals surface area contributed by atoms with Gasteiger partial charge in [-0.2, -0.15) is 0 Å². The van der Waals surface area contributed by atoms with E-state index in [1.807, 2.05) is 28.9 Å². The van der Waals surface area contributed by atoms with Crippen molar-refractivity contribution in [3.05, 3.63) is 70.2 Å². The Labute approximate surface area is 139 Å². The molecule has 5 nitrogen and oxygen atoms in total. The van der Waals surface area contributed by atoms with Crippen LogP contribution in [0, 0.1) is 6.92 Å². The van der Waals surface area contributed by atoms with E-state index < -0.39 is 0 Å². The molecule has 0 radical (unpaired) electrons. The molecule has 4 rings (SSSR count). The zero-order chi connectivity index (χ0) is 15.8. The summed E-state index contributed by atoms with van der Waals surface area (Å²) in [6.45, 7) is 2.12. The Morgan fingerprint density at radius 1 is 1.13 bits per heavy atom. The molecule has 0 saturated heterocycles. The average molecular weight is 326 g/mol. The molecule has 1 aromatic heterocycles. The molecule has 2 atom stereocenters. The molecule has 116 valence electrons. The van der Waals surface area contributed by atoms with Crippen LogP contribution >= 0.6 is 11.6 Å². The Bertz CT molecular complexity index is 827. The quantitative estimate of drug-likeness (QED) is 0.779. The number of hydrogen-bond donors (Lipinski definition) is 1. The van der Waals surface area contributed by atoms with Gasteiger partial charge in [-0.25, -0.2) is 4.68 Å². The Balaban J connectivity index is 1.75. The van der Waals surface area contributed by atoms with E-state index in [1.54, 1.807) is 0 Å². The predicted octanol–water partition coefficient (Wildman–Crippen LogP) is 3.78. The minimum Gasteiger partial charge on any atom is -0.346 e. The van der Waals surface area contributed by atoms with E-state index >= 15 is 0 Å². The Morgan fingerprint density at radius 3 is 2.70 bits per heavy atom. The fourth-order valence-corrected chi connectivity index (χ4v) is 3.30. The van der Waals surface area contributed by atoms with Crippen LogP contribution in [-0.2, 0) is 0 Å². The standard InChI is InChI=1S/C17H16ClN5/c1-11-4-2-3-5-14(11)16-10-15(12-6-8-13(18)9-7-12)19-17-20-21-22-23(16)17/h2-9,15-16H,10H2,1H3,(H,19,20,22)/t15-,16+/m1/s1. The van der Waals surface area contributed by atoms with E-state index in [0.29, 0.717) is 5.95 Å². The van der Waals surface area contributed by atoms with Gasteiger partial charge >= 0.3 is 0 Å². The lowest BCUT2D eigenvalue weighted by molar-refractivity contribution is 0.422. The highest BCUT2D eigenvalue weighted by Gasteiger charge is 2.31. The van der Waals surface area contributed by atoms with Gasteiger partial charge in [-0.3, -0.25) is 0 Å². The molecule has 23 heavy (non-hydrogen) atoms. The Kier molecular flexibility index (Phi) is 3.50. The van der Waals surface area contributed by atoms with Crippen LogP contribution in [0.3, 0.4) is 0 Å². The van der Waals surface area contributed by atoms with E-state index in [-0.39, 0.29) is 12.1 Å². The molecule has 1 aliphatic heterocycles. The molecule has 1 N–H and O–H groups in total. The second-order valence-corrected chi connectivity index (χ2v) is 6.24. The lowest BCUT2D eigenvalue weighted by Crippen LogP contribution is -2.28. The molecule has 0 spiro atoms. The number of anilines is 1. The molecule has 0 unspecified atom stereocenters. The molecule has 2 heterocycles. The third-order valence-corrected chi connectivity index (χ3v) is 4.62. The highest BCUT2D eigenvalue weighted by molar-refractivity contribution is 6.30. The van der Waals surface area contributed by atoms with Crippen molar-refractivity contribution in [2.75, 3.05) is 5.32 Å². The molecule has 0 aliphatic carbocycles. The summed E-state index contributed by atoms with van der Waals surface area (Å²) in [6, 6.07) is 16.6. The van der Waals surface area contributed by atoms with Crippen molar-refractivity contribution in [1.29, 1.82) is 0 Å². The number of rotatable bonds is 2. The average Bonchev–Trinajstić information content (AvgIpc) is 3.04. The smallest absolute Gasteiger partial charge is 0.243 e. The summed E-state index contributed by atoms with van der Waals surface area (Å²) in [5.41, 5.74) is 3.68. The zero-order valence-corrected chi connectivity index (χ0v) is 13.4. The first kappa shape index (κ1) is 14.2. The minimum absolute atomic E-state index is 0.114. The molecule has 0 amide bonds. The van der Waals surface area contributed by atoms with Crippen LogP contribution in [0.15, 0.2) is 48.5 Å². The van der Waals surface area contributed by atoms with E-state index in [0.717, 1.165) is 11.4 Å². The van der Waals surface area contributed by atoms with Crippen molar-refractivity contribution in [2.24, 2.45) is 0 Å². The van der Waals surface area contributed by atoms with Gasteiger partial charge in [0.1, 0.15) is 0 Å². The summed E-state index contributed by atoms with van der Waals surface area (Å²) in [5.74, 6) is 0.699. The summed E-state index contributed by atoms with van der Waals surface area (Å²) in [6.07, 6.45) is 0.879. The summed E-state index contributed by atoms with van der Waals surface area (Å²) in [7, 11) is 0. The number of tetrazole rings is 1. The number of halogens is 1. The van der Waals surface area contributed by atoms with Gasteiger partial charge in [0.2, 0.25) is 5.95 Å². The molecule has 1 aliphatic rings. The number of nitrogens with zero attached hydrogens (tertiary/aromatic N) is 4. The number of benzene rings is 2. The second kappa shape index (κ2) is 5.66. The summed E-state index contributed by atoms with van der Waals surface area (Å²) >= 11 is 6.00. The van der Waals surface area contributed by atoms with E-state index in [4.69, 9.17) is 11.6 Å². The second-order valence-electron chi connectivity index (χ2n) is 5.80. The van der Waals surface area contributed by atoms with Crippen LogP contribution in [0.5, 0.6) is 0 Å². The molecule has 2 aromatic carbocycles. The number of nitrogens with one attached hydrogen (secondary N) is 1. The Morgan fingerprint density at radius 2 is 1.91 bits per heavy atom. The molecule has 6 heteroatoms. The zero-order valence-electron chi connectivity index (χ0n) is 12.6. The van der Waals surface area contributed by atoms with Gasteiger partial charge in [-0.1, -0.05) is 53.1 Å². The lowest BCUT2D eigenvalue weighted by Gasteiger charge is -2.31. The molecule has 0 fully saturated rings. The van der Waals surface area contributed by atoms with Crippen LogP contribution in [0.25, 0.3) is 0 Å². The van der Waals surface area contributed by atoms with Gasteiger partial charge in [0.25, 0.3) is 0 Å². The topological polar surface area (TPSA) is 55.6 Å². The lowest BCUT2D eigenvalue weighted by atomic mass is 9.91. The third kappa shape index (κ3) is 2.57. The van der Waals surface area contributed by atoms with Crippen molar-refractivity contribution < 1.29 is 0 Å². The molecule has 3 aromatic rings. The first-order valence-electron chi connectivity index (χ1n) is 7.58. The largest absolute Gasteiger partial charge is 0.346 e. The van der Waals surface area contributed by atoms with Crippen molar-refractivity contribution in [3.63, 3.8) is 0 Å². The predicted molar refractivity (Wildman–Crippen MR) is 89.6 cm³/mol. The third-order valence-electron chi connectivity index (χ3n) is 4.37. The van der Waals surface area contributed by atoms with E-state index in [9.17, 15) is 0 Å². The highest BCUT2D eigenvalue weighted by Crippen LogP contribution is 2.38. The normalized spacial score (nSPS) is 19.9. The number of hydrogen-bond acceptors (Lipinski definition) is 4. The first-order valence-corrected chi connectivity index (χ1v) is 7.95. The molecule has 0 bridgehead atoms. The monoisotopic (exact) mass is 325 g/mol. The number of fused-ring (bicyclic) bond motifs is 1. The number of aromatic nitrogens is 4. The van der Waals surface area contributed by atoms with Gasteiger partial charge < -0.3 is 5.32 Å². The summed E-state index contributed by atoms with van der Waals surface area (Å²) in [5, 5.41) is 16.3. The van der Waals surface area contributed by atoms with Crippen LogP contribution in [0.2, 0.25) is 5.02 Å². The summed E-state index contributed by atoms with van der Waals surface area (Å²) in [4.78, 5) is 0. The summed E-state index contributed by atoms with van der Waals surface area (Å²) < 4.78 is 1.87. The van der Waals surface area contributed by atoms with Crippen LogP contribution in [-0.4, -0.2) is 20.2 Å². The molecular weight excluding hydrogens is 310 g/mol. The van der Waals surface area contributed by atoms with Crippen LogP contribution in [0.1, 0.15) is 35.2 Å². The van der Waals surface area contributed by atoms with Crippen LogP contribution < -0.4 is 5.32 Å². The SMILES string of the molecule is Cc1ccccc1[C@@H]1C[C@H](c2ccc(Cl)cc2)Nc2nnnn21. The highest BCUT2D eigenvalue weighted by atomic mass is 35.5. The maximum atomic E-state index is 6.00. The van der Waals surface area contributed by atoms with Gasteiger partial charge in [0.15, 0.2) is 0 Å². The maximum Gasteiger partial charge on any atom is 0.243 e. The molecule has 0 saturated carbocycles. The fourth-order valence-electron chi connectivity index (χ4n) is 3.17. The van der Waals surface area contributed by atoms with Gasteiger partial charge in [0, 0.05) is 5.02 Å². The van der Waals surface area contributed by atoms with E-state index in [1.165, 1.54) is 16.7 Å². The maximum absolute atomic E-state index is 6.00. The van der Waals surface area contributed by atoms with Crippen molar-refractivity contribution >= 4 is 17.5 Å². The number of aryl methyl sites for hydroxylation is 1. The van der Waals surface area contributed by atoms with Crippen molar-refractivity contribution in [1.82, 2.24) is 20.2 Å². The minimum atomic E-state index is 0.114. The van der Waals surface area contributed by atoms with Gasteiger partial charge in [-0.05, 0) is 52.6 Å². The van der Waals surface area contributed by atoms with E-state index in [2.05, 4.69) is 52.0 Å².